The third-order valence-electron chi connectivity index (χ3n) is 6.21. The van der Waals surface area contributed by atoms with Crippen LogP contribution in [0.2, 0.25) is 5.02 Å². The number of nitrogens with zero attached hydrogens (tertiary/aromatic N) is 1. The van der Waals surface area contributed by atoms with Crippen LogP contribution in [0.25, 0.3) is 0 Å². The van der Waals surface area contributed by atoms with Crippen LogP contribution in [-0.4, -0.2) is 45.2 Å². The molecule has 2 aromatic carbocycles. The van der Waals surface area contributed by atoms with E-state index in [9.17, 15) is 22.0 Å². The Balaban J connectivity index is 1.35. The summed E-state index contributed by atoms with van der Waals surface area (Å²) in [5.41, 5.74) is 1.31. The lowest BCUT2D eigenvalue weighted by molar-refractivity contribution is 0.0977. The normalized spacial score (nSPS) is 17.5. The summed E-state index contributed by atoms with van der Waals surface area (Å²) in [6.45, 7) is 2.76. The average molecular weight is 513 g/mol. The highest BCUT2D eigenvalue weighted by molar-refractivity contribution is 7.89. The number of halogens is 3. The highest BCUT2D eigenvalue weighted by Crippen LogP contribution is 2.45. The zero-order valence-electron chi connectivity index (χ0n) is 18.8. The molecule has 184 valence electrons. The Kier molecular flexibility index (Phi) is 7.45. The molecule has 1 aliphatic heterocycles. The molecular formula is C24H27ClF2N2O4S. The van der Waals surface area contributed by atoms with Crippen molar-refractivity contribution in [1.29, 1.82) is 0 Å². The third kappa shape index (κ3) is 6.46. The Morgan fingerprint density at radius 1 is 1.12 bits per heavy atom. The second-order valence-electron chi connectivity index (χ2n) is 9.13. The molecule has 6 nitrogen and oxygen atoms in total. The Morgan fingerprint density at radius 3 is 2.44 bits per heavy atom. The van der Waals surface area contributed by atoms with Crippen LogP contribution < -0.4 is 9.46 Å². The molecule has 4 rings (SSSR count). The summed E-state index contributed by atoms with van der Waals surface area (Å²) in [7, 11) is -3.80. The smallest absolute Gasteiger partial charge is 0.267 e. The second kappa shape index (κ2) is 10.2. The van der Waals surface area contributed by atoms with Crippen LogP contribution in [0.3, 0.4) is 0 Å². The number of likely N-dealkylation sites (tertiary alicyclic amines) is 1. The predicted molar refractivity (Wildman–Crippen MR) is 126 cm³/mol. The van der Waals surface area contributed by atoms with Gasteiger partial charge in [0.15, 0.2) is 0 Å². The van der Waals surface area contributed by atoms with E-state index < -0.39 is 27.6 Å². The van der Waals surface area contributed by atoms with Crippen LogP contribution in [0.1, 0.15) is 53.1 Å². The van der Waals surface area contributed by atoms with Crippen LogP contribution >= 0.6 is 11.6 Å². The number of nitrogens with one attached hydrogen (secondary N) is 1. The second-order valence-corrected chi connectivity index (χ2v) is 11.3. The van der Waals surface area contributed by atoms with E-state index in [1.807, 2.05) is 10.8 Å². The van der Waals surface area contributed by atoms with Crippen molar-refractivity contribution in [3.05, 3.63) is 63.7 Å². The van der Waals surface area contributed by atoms with Gasteiger partial charge in [-0.2, -0.15) is 0 Å². The minimum Gasteiger partial charge on any atom is -0.493 e. The number of hydrogen-bond acceptors (Lipinski definition) is 5. The molecule has 1 amide bonds. The molecule has 0 aromatic heterocycles. The Labute approximate surface area is 203 Å². The van der Waals surface area contributed by atoms with E-state index in [4.69, 9.17) is 16.3 Å². The maximum atomic E-state index is 14.6. The van der Waals surface area contributed by atoms with Crippen molar-refractivity contribution in [2.45, 2.75) is 38.1 Å². The van der Waals surface area contributed by atoms with Gasteiger partial charge in [-0.3, -0.25) is 9.69 Å². The molecule has 2 fully saturated rings. The van der Waals surface area contributed by atoms with Crippen molar-refractivity contribution in [2.24, 2.45) is 5.92 Å². The molecule has 0 spiro atoms. The molecule has 1 saturated heterocycles. The number of carbonyl (C=O) groups excluding carboxylic acids is 1. The van der Waals surface area contributed by atoms with Crippen LogP contribution in [0.15, 0.2) is 30.3 Å². The molecule has 1 saturated carbocycles. The summed E-state index contributed by atoms with van der Waals surface area (Å²) in [6.07, 6.45) is 4.47. The van der Waals surface area contributed by atoms with Crippen LogP contribution in [0, 0.1) is 17.6 Å². The molecular weight excluding hydrogens is 486 g/mol. The number of rotatable bonds is 8. The van der Waals surface area contributed by atoms with Gasteiger partial charge in [-0.25, -0.2) is 21.9 Å². The van der Waals surface area contributed by atoms with Crippen LogP contribution in [0.5, 0.6) is 5.75 Å². The number of carbonyl (C=O) groups is 1. The molecule has 1 N–H and O–H groups in total. The number of piperidine rings is 1. The molecule has 0 bridgehead atoms. The Hall–Kier alpha value is -2.23. The van der Waals surface area contributed by atoms with Gasteiger partial charge in [-0.05, 0) is 79.9 Å². The van der Waals surface area contributed by atoms with E-state index >= 15 is 0 Å². The third-order valence-corrected chi connectivity index (χ3v) is 7.07. The van der Waals surface area contributed by atoms with Crippen molar-refractivity contribution in [1.82, 2.24) is 9.62 Å². The van der Waals surface area contributed by atoms with E-state index in [0.717, 1.165) is 56.2 Å². The van der Waals surface area contributed by atoms with Crippen molar-refractivity contribution in [3.8, 4) is 5.75 Å². The lowest BCUT2D eigenvalue weighted by Gasteiger charge is -2.32. The summed E-state index contributed by atoms with van der Waals surface area (Å²) < 4.78 is 58.8. The predicted octanol–water partition coefficient (Wildman–Crippen LogP) is 4.48. The average Bonchev–Trinajstić information content (AvgIpc) is 3.60. The summed E-state index contributed by atoms with van der Waals surface area (Å²) in [4.78, 5) is 14.4. The Bertz CT molecular complexity index is 1180. The van der Waals surface area contributed by atoms with Gasteiger partial charge >= 0.3 is 0 Å². The zero-order valence-corrected chi connectivity index (χ0v) is 20.4. The van der Waals surface area contributed by atoms with Crippen molar-refractivity contribution in [3.63, 3.8) is 0 Å². The van der Waals surface area contributed by atoms with Gasteiger partial charge in [-0.1, -0.05) is 17.7 Å². The fourth-order valence-electron chi connectivity index (χ4n) is 4.22. The maximum absolute atomic E-state index is 14.6. The van der Waals surface area contributed by atoms with Gasteiger partial charge in [-0.15, -0.1) is 0 Å². The lowest BCUT2D eigenvalue weighted by atomic mass is 9.97. The van der Waals surface area contributed by atoms with E-state index in [0.29, 0.717) is 24.8 Å². The SMILES string of the molecule is CS(=O)(=O)NC(=O)c1cc(C2CC2)c(OCC2CCN(Cc3ccc(Cl)c(F)c3)CC2)cc1F. The highest BCUT2D eigenvalue weighted by atomic mass is 35.5. The summed E-state index contributed by atoms with van der Waals surface area (Å²) in [5, 5.41) is 0.116. The number of benzene rings is 2. The highest BCUT2D eigenvalue weighted by Gasteiger charge is 2.30. The van der Waals surface area contributed by atoms with Gasteiger partial charge in [0.25, 0.3) is 5.91 Å². The first-order valence-electron chi connectivity index (χ1n) is 11.2. The largest absolute Gasteiger partial charge is 0.493 e. The molecule has 0 unspecified atom stereocenters. The van der Waals surface area contributed by atoms with Crippen LogP contribution in [-0.2, 0) is 16.6 Å². The standard InChI is InChI=1S/C24H27ClF2N2O4S/c1-34(31,32)28-24(30)19-11-18(17-3-4-17)23(12-21(19)26)33-14-15-6-8-29(9-7-15)13-16-2-5-20(25)22(27)10-16/h2,5,10-12,15,17H,3-4,6-9,13-14H2,1H3,(H,28,30). The minimum absolute atomic E-state index is 0.116. The first kappa shape index (κ1) is 24.9. The van der Waals surface area contributed by atoms with E-state index in [1.54, 1.807) is 6.07 Å². The number of amides is 1. The minimum atomic E-state index is -3.80. The van der Waals surface area contributed by atoms with Crippen molar-refractivity contribution < 1.29 is 26.7 Å². The van der Waals surface area contributed by atoms with Gasteiger partial charge < -0.3 is 4.74 Å². The fraction of sp³-hybridized carbons (Fsp3) is 0.458. The van der Waals surface area contributed by atoms with E-state index in [2.05, 4.69) is 4.90 Å². The molecule has 2 aromatic rings. The summed E-state index contributed by atoms with van der Waals surface area (Å²) >= 11 is 5.75. The monoisotopic (exact) mass is 512 g/mol. The van der Waals surface area contributed by atoms with Gasteiger partial charge in [0.2, 0.25) is 10.0 Å². The summed E-state index contributed by atoms with van der Waals surface area (Å²) in [6, 6.07) is 7.46. The molecule has 0 radical (unpaired) electrons. The molecule has 34 heavy (non-hydrogen) atoms. The van der Waals surface area contributed by atoms with Gasteiger partial charge in [0.1, 0.15) is 17.4 Å². The van der Waals surface area contributed by atoms with Crippen molar-refractivity contribution in [2.75, 3.05) is 26.0 Å². The fourth-order valence-corrected chi connectivity index (χ4v) is 4.79. The van der Waals surface area contributed by atoms with Crippen LogP contribution in [0.4, 0.5) is 8.78 Å². The first-order chi connectivity index (χ1) is 16.1. The quantitative estimate of drug-likeness (QED) is 0.564. The molecule has 10 heteroatoms. The number of hydrogen-bond donors (Lipinski definition) is 1. The molecule has 1 aliphatic carbocycles. The van der Waals surface area contributed by atoms with E-state index in [1.165, 1.54) is 18.2 Å². The zero-order chi connectivity index (χ0) is 24.5. The molecule has 2 aliphatic rings. The number of ether oxygens (including phenoxy) is 1. The first-order valence-corrected chi connectivity index (χ1v) is 13.5. The van der Waals surface area contributed by atoms with E-state index in [-0.39, 0.29) is 16.5 Å². The summed E-state index contributed by atoms with van der Waals surface area (Å²) in [5.74, 6) is -1.33. The van der Waals surface area contributed by atoms with Gasteiger partial charge in [0, 0.05) is 12.6 Å². The van der Waals surface area contributed by atoms with Crippen molar-refractivity contribution >= 4 is 27.5 Å². The topological polar surface area (TPSA) is 75.7 Å². The Morgan fingerprint density at radius 2 is 1.82 bits per heavy atom. The van der Waals surface area contributed by atoms with Gasteiger partial charge in [0.05, 0.1) is 23.4 Å². The lowest BCUT2D eigenvalue weighted by Crippen LogP contribution is -2.35. The molecule has 1 heterocycles. The molecule has 0 atom stereocenters. The maximum Gasteiger partial charge on any atom is 0.267 e. The number of sulfonamides is 1.